The van der Waals surface area contributed by atoms with Gasteiger partial charge in [-0.3, -0.25) is 14.6 Å². The summed E-state index contributed by atoms with van der Waals surface area (Å²) in [6.45, 7) is 13.1. The maximum absolute atomic E-state index is 13.8. The van der Waals surface area contributed by atoms with Crippen molar-refractivity contribution in [3.05, 3.63) is 117 Å². The number of carboxylic acids is 1. The van der Waals surface area contributed by atoms with Gasteiger partial charge in [0.15, 0.2) is 0 Å². The van der Waals surface area contributed by atoms with Crippen LogP contribution in [0, 0.1) is 5.82 Å². The molecule has 0 aliphatic carbocycles. The van der Waals surface area contributed by atoms with Crippen LogP contribution in [0.1, 0.15) is 116 Å². The molecule has 2 aromatic heterocycles. The van der Waals surface area contributed by atoms with E-state index in [1.807, 2.05) is 76.8 Å². The van der Waals surface area contributed by atoms with Gasteiger partial charge in [0.2, 0.25) is 5.91 Å². The molecule has 0 bridgehead atoms. The zero-order valence-corrected chi connectivity index (χ0v) is 47.4. The molecule has 4 atom stereocenters. The zero-order valence-electron chi connectivity index (χ0n) is 45.1. The number of aromatic nitrogens is 4. The van der Waals surface area contributed by atoms with E-state index in [0.29, 0.717) is 58.1 Å². The topological polar surface area (TPSA) is 269 Å². The number of nitrogen functional groups attached to an aromatic ring is 2. The molecule has 434 valence electrons. The summed E-state index contributed by atoms with van der Waals surface area (Å²) < 4.78 is 56.2. The van der Waals surface area contributed by atoms with Gasteiger partial charge in [-0.15, -0.1) is 0 Å². The third-order valence-electron chi connectivity index (χ3n) is 12.3. The highest BCUT2D eigenvalue weighted by atomic mass is 35.5. The summed E-state index contributed by atoms with van der Waals surface area (Å²) in [6.07, 6.45) is 0.799. The van der Waals surface area contributed by atoms with E-state index in [9.17, 15) is 36.7 Å². The molecule has 80 heavy (non-hydrogen) atoms. The summed E-state index contributed by atoms with van der Waals surface area (Å²) in [5, 5.41) is 9.04. The number of carbonyl (C=O) groups is 5. The smallest absolute Gasteiger partial charge is 0.475 e. The number of ether oxygens (including phenoxy) is 2. The molecule has 0 radical (unpaired) electrons. The first-order chi connectivity index (χ1) is 37.4. The number of aliphatic carboxylic acids is 1. The van der Waals surface area contributed by atoms with Crippen molar-refractivity contribution in [2.45, 2.75) is 134 Å². The highest BCUT2D eigenvalue weighted by Gasteiger charge is 2.39. The summed E-state index contributed by atoms with van der Waals surface area (Å²) in [5.74, 6) is -1.51. The van der Waals surface area contributed by atoms with Gasteiger partial charge < -0.3 is 51.4 Å². The predicted molar refractivity (Wildman–Crippen MR) is 300 cm³/mol. The number of anilines is 2. The van der Waals surface area contributed by atoms with Gasteiger partial charge in [-0.1, -0.05) is 53.0 Å². The van der Waals surface area contributed by atoms with Crippen LogP contribution in [0.2, 0.25) is 15.1 Å². The van der Waals surface area contributed by atoms with Gasteiger partial charge in [-0.2, -0.15) is 13.2 Å². The maximum atomic E-state index is 13.8. The first kappa shape index (κ1) is 63.9. The van der Waals surface area contributed by atoms with Crippen LogP contribution in [0.3, 0.4) is 0 Å². The van der Waals surface area contributed by atoms with E-state index < -0.39 is 29.4 Å². The molecule has 9 N–H and O–H groups in total. The SMILES string of the molecule is CC(C)(C)OC(=O)N1CCC[C@H]1C=O.CC(C)(C)OC(=O)N1CCC[C@H]1c1nc2ccc(Cl)cc2[nH]1.N[C@@H](CC(=O)N1CCC[C@H]1c1nc2ccc(Cl)cc2[nH]1)Cc1ccccc1F.Nc1ccc(Cl)cc1N.O=C(O)C(F)(F)F. The van der Waals surface area contributed by atoms with E-state index in [1.165, 1.54) is 11.0 Å². The van der Waals surface area contributed by atoms with Gasteiger partial charge in [0, 0.05) is 47.2 Å². The number of imidazole rings is 2. The Morgan fingerprint density at radius 1 is 0.700 bits per heavy atom. The van der Waals surface area contributed by atoms with Crippen LogP contribution in [0.5, 0.6) is 0 Å². The van der Waals surface area contributed by atoms with Crippen molar-refractivity contribution in [1.29, 1.82) is 0 Å². The second kappa shape index (κ2) is 28.0. The lowest BCUT2D eigenvalue weighted by molar-refractivity contribution is -0.192. The molecule has 3 aliphatic rings. The Kier molecular flexibility index (Phi) is 22.4. The van der Waals surface area contributed by atoms with Gasteiger partial charge >= 0.3 is 24.3 Å². The van der Waals surface area contributed by atoms with Crippen LogP contribution >= 0.6 is 34.8 Å². The second-order valence-corrected chi connectivity index (χ2v) is 22.3. The summed E-state index contributed by atoms with van der Waals surface area (Å²) in [4.78, 5) is 77.2. The number of fused-ring (bicyclic) bond motifs is 2. The Balaban J connectivity index is 0.000000200. The van der Waals surface area contributed by atoms with Crippen LogP contribution in [-0.4, -0.2) is 119 Å². The number of H-pyrrole nitrogens is 2. The molecule has 6 aromatic rings. The minimum Gasteiger partial charge on any atom is -0.475 e. The number of carboxylic acid groups (broad SMARTS) is 1. The van der Waals surface area contributed by atoms with E-state index in [2.05, 4.69) is 19.9 Å². The summed E-state index contributed by atoms with van der Waals surface area (Å²) >= 11 is 17.6. The normalized spacial score (nSPS) is 17.4. The van der Waals surface area contributed by atoms with E-state index in [4.69, 9.17) is 71.4 Å². The number of aldehydes is 1. The van der Waals surface area contributed by atoms with Crippen LogP contribution in [-0.2, 0) is 30.3 Å². The minimum atomic E-state index is -5.08. The molecule has 0 unspecified atom stereocenters. The number of rotatable bonds is 7. The number of nitrogens with two attached hydrogens (primary N) is 3. The van der Waals surface area contributed by atoms with Gasteiger partial charge in [0.25, 0.3) is 0 Å². The lowest BCUT2D eigenvalue weighted by Gasteiger charge is -2.27. The Morgan fingerprint density at radius 2 is 1.15 bits per heavy atom. The number of carbonyl (C=O) groups excluding carboxylic acids is 4. The average molecular weight is 1180 g/mol. The summed E-state index contributed by atoms with van der Waals surface area (Å²) in [5.41, 5.74) is 21.1. The third-order valence-corrected chi connectivity index (χ3v) is 13.0. The van der Waals surface area contributed by atoms with Crippen molar-refractivity contribution in [1.82, 2.24) is 34.6 Å². The summed E-state index contributed by atoms with van der Waals surface area (Å²) in [6, 6.07) is 21.7. The van der Waals surface area contributed by atoms with Gasteiger partial charge in [0.05, 0.1) is 51.6 Å². The fraction of sp³-hybridized carbons (Fsp3) is 0.436. The fourth-order valence-corrected chi connectivity index (χ4v) is 9.17. The van der Waals surface area contributed by atoms with Gasteiger partial charge in [-0.25, -0.2) is 28.7 Å². The molecule has 3 saturated heterocycles. The van der Waals surface area contributed by atoms with Crippen LogP contribution in [0.15, 0.2) is 78.9 Å². The fourth-order valence-electron chi connectivity index (χ4n) is 8.65. The van der Waals surface area contributed by atoms with E-state index in [-0.39, 0.29) is 48.5 Å². The highest BCUT2D eigenvalue weighted by molar-refractivity contribution is 6.31. The lowest BCUT2D eigenvalue weighted by atomic mass is 10.0. The molecule has 0 saturated carbocycles. The first-order valence-corrected chi connectivity index (χ1v) is 26.7. The number of likely N-dealkylation sites (tertiary alicyclic amines) is 3. The molecule has 0 spiro atoms. The Morgan fingerprint density at radius 3 is 1.62 bits per heavy atom. The highest BCUT2D eigenvalue weighted by Crippen LogP contribution is 2.35. The lowest BCUT2D eigenvalue weighted by Crippen LogP contribution is -2.40. The molecular formula is C55H67Cl3F4N10O8. The number of nitrogens with one attached hydrogen (secondary N) is 2. The molecule has 3 amide bonds. The van der Waals surface area contributed by atoms with Crippen molar-refractivity contribution in [3.8, 4) is 0 Å². The Hall–Kier alpha value is -6.88. The largest absolute Gasteiger partial charge is 0.490 e. The van der Waals surface area contributed by atoms with Crippen LogP contribution in [0.25, 0.3) is 22.1 Å². The van der Waals surface area contributed by atoms with E-state index in [1.54, 1.807) is 47.4 Å². The maximum Gasteiger partial charge on any atom is 0.490 e. The molecule has 25 heteroatoms. The number of benzene rings is 4. The number of nitrogens with zero attached hydrogens (tertiary/aromatic N) is 5. The van der Waals surface area contributed by atoms with Crippen molar-refractivity contribution in [2.24, 2.45) is 5.73 Å². The molecular weight excluding hydrogens is 1110 g/mol. The Labute approximate surface area is 475 Å². The number of hydrogen-bond donors (Lipinski definition) is 6. The number of halogens is 7. The van der Waals surface area contributed by atoms with Crippen LogP contribution in [0.4, 0.5) is 38.5 Å². The molecule has 5 heterocycles. The van der Waals surface area contributed by atoms with Crippen molar-refractivity contribution in [3.63, 3.8) is 0 Å². The average Bonchev–Trinajstić information content (AvgIpc) is 4.23. The minimum absolute atomic E-state index is 0.0233. The molecule has 3 fully saturated rings. The van der Waals surface area contributed by atoms with Crippen molar-refractivity contribution < 1.29 is 56.1 Å². The summed E-state index contributed by atoms with van der Waals surface area (Å²) in [7, 11) is 0. The first-order valence-electron chi connectivity index (χ1n) is 25.6. The Bertz CT molecular complexity index is 3090. The molecule has 3 aliphatic heterocycles. The number of aromatic amines is 2. The number of hydrogen-bond acceptors (Lipinski definition) is 12. The number of amides is 3. The number of alkyl halides is 3. The standard InChI is InChI=1S/C21H22ClFN4O.C16H20ClN3O2.C10H17NO3.C6H7ClN2.C2HF3O2/c22-14-7-8-17-18(11-14)26-21(25-17)19-6-3-9-27(19)20(28)12-15(24)10-13-4-1-2-5-16(13)23;1-16(2,3)22-15(21)20-8-4-5-13(20)14-18-11-7-6-10(17)9-12(11)19-14;1-10(2,3)14-9(13)11-6-4-5-8(11)7-12;7-4-1-2-5(8)6(9)3-4;3-2(4,5)1(6)7/h1-2,4-5,7-8,11,15,19H,3,6,9-10,12,24H2,(H,25,26);6-7,9,13H,4-5,8H2,1-3H3,(H,18,19);7-8H,4-6H2,1-3H3;1-3H,8-9H2;(H,6,7)/t15-,19+;13-;8-;;/m100../s1. The predicted octanol–water partition coefficient (Wildman–Crippen LogP) is 12.0. The second-order valence-electron chi connectivity index (χ2n) is 21.0. The van der Waals surface area contributed by atoms with Gasteiger partial charge in [-0.05, 0) is 153 Å². The molecule has 18 nitrogen and oxygen atoms in total. The third kappa shape index (κ3) is 19.2. The monoisotopic (exact) mass is 1180 g/mol. The molecule has 9 rings (SSSR count). The zero-order chi connectivity index (χ0) is 59.3. The van der Waals surface area contributed by atoms with Crippen molar-refractivity contribution in [2.75, 3.05) is 31.1 Å². The van der Waals surface area contributed by atoms with Gasteiger partial charge in [0.1, 0.15) is 35.0 Å². The molecule has 4 aromatic carbocycles. The van der Waals surface area contributed by atoms with Crippen molar-refractivity contribution >= 4 is 98.6 Å². The van der Waals surface area contributed by atoms with E-state index >= 15 is 0 Å². The van der Waals surface area contributed by atoms with E-state index in [0.717, 1.165) is 78.5 Å². The van der Waals surface area contributed by atoms with Crippen LogP contribution < -0.4 is 17.2 Å². The quantitative estimate of drug-likeness (QED) is 0.0494.